The lowest BCUT2D eigenvalue weighted by molar-refractivity contribution is 0.312. The Morgan fingerprint density at radius 1 is 1.53 bits per heavy atom. The van der Waals surface area contributed by atoms with Gasteiger partial charge in [0.15, 0.2) is 0 Å². The fourth-order valence-electron chi connectivity index (χ4n) is 1.41. The molecule has 5 heteroatoms. The van der Waals surface area contributed by atoms with Crippen LogP contribution >= 0.6 is 0 Å². The van der Waals surface area contributed by atoms with Gasteiger partial charge in [-0.15, -0.1) is 0 Å². The van der Waals surface area contributed by atoms with Crippen molar-refractivity contribution >= 4 is 5.82 Å². The van der Waals surface area contributed by atoms with E-state index in [4.69, 9.17) is 4.74 Å². The van der Waals surface area contributed by atoms with Crippen LogP contribution in [-0.4, -0.2) is 35.7 Å². The molecule has 1 aromatic heterocycles. The molecule has 2 rings (SSSR count). The number of rotatable bonds is 4. The van der Waals surface area contributed by atoms with E-state index in [1.807, 2.05) is 19.9 Å². The molecule has 0 atom stereocenters. The van der Waals surface area contributed by atoms with E-state index in [1.54, 1.807) is 0 Å². The van der Waals surface area contributed by atoms with Gasteiger partial charge in [0.05, 0.1) is 12.6 Å². The summed E-state index contributed by atoms with van der Waals surface area (Å²) in [4.78, 5) is 8.46. The topological polar surface area (TPSA) is 59.1 Å². The Morgan fingerprint density at radius 3 is 2.93 bits per heavy atom. The highest BCUT2D eigenvalue weighted by Gasteiger charge is 2.17. The Kier molecular flexibility index (Phi) is 3.01. The van der Waals surface area contributed by atoms with Gasteiger partial charge in [-0.3, -0.25) is 0 Å². The zero-order valence-corrected chi connectivity index (χ0v) is 9.08. The van der Waals surface area contributed by atoms with Gasteiger partial charge >= 0.3 is 6.01 Å². The summed E-state index contributed by atoms with van der Waals surface area (Å²) in [7, 11) is 0. The fourth-order valence-corrected chi connectivity index (χ4v) is 1.41. The molecule has 0 unspecified atom stereocenters. The Morgan fingerprint density at radius 2 is 2.33 bits per heavy atom. The lowest BCUT2D eigenvalue weighted by Crippen LogP contribution is -2.51. The van der Waals surface area contributed by atoms with Crippen LogP contribution in [0.3, 0.4) is 0 Å². The molecule has 82 valence electrons. The van der Waals surface area contributed by atoms with E-state index >= 15 is 0 Å². The minimum atomic E-state index is 0.451. The van der Waals surface area contributed by atoms with Crippen molar-refractivity contribution in [3.63, 3.8) is 0 Å². The van der Waals surface area contributed by atoms with Gasteiger partial charge in [-0.25, -0.2) is 4.98 Å². The van der Waals surface area contributed by atoms with E-state index in [1.165, 1.54) is 0 Å². The highest BCUT2D eigenvalue weighted by Crippen LogP contribution is 2.13. The van der Waals surface area contributed by atoms with Gasteiger partial charge in [-0.2, -0.15) is 4.98 Å². The monoisotopic (exact) mass is 208 g/mol. The minimum Gasteiger partial charge on any atom is -0.464 e. The summed E-state index contributed by atoms with van der Waals surface area (Å²) < 4.78 is 5.28. The third-order valence-electron chi connectivity index (χ3n) is 2.24. The first-order chi connectivity index (χ1) is 7.28. The molecule has 1 fully saturated rings. The predicted molar refractivity (Wildman–Crippen MR) is 58.2 cm³/mol. The zero-order valence-electron chi connectivity index (χ0n) is 9.08. The molecule has 1 aliphatic rings. The summed E-state index contributed by atoms with van der Waals surface area (Å²) in [5, 5.41) is 6.52. The average molecular weight is 208 g/mol. The average Bonchev–Trinajstić information content (AvgIpc) is 2.11. The van der Waals surface area contributed by atoms with Gasteiger partial charge in [-0.1, -0.05) is 0 Å². The van der Waals surface area contributed by atoms with Gasteiger partial charge in [-0.05, 0) is 13.8 Å². The number of nitrogens with one attached hydrogen (secondary N) is 2. The van der Waals surface area contributed by atoms with Crippen LogP contribution in [0.25, 0.3) is 0 Å². The van der Waals surface area contributed by atoms with Crippen LogP contribution in [0, 0.1) is 6.92 Å². The van der Waals surface area contributed by atoms with Crippen molar-refractivity contribution < 1.29 is 4.74 Å². The van der Waals surface area contributed by atoms with Crippen LogP contribution in [0.1, 0.15) is 12.6 Å². The lowest BCUT2D eigenvalue weighted by atomic mass is 10.2. The van der Waals surface area contributed by atoms with Gasteiger partial charge in [0.1, 0.15) is 5.82 Å². The van der Waals surface area contributed by atoms with Crippen LogP contribution in [0.4, 0.5) is 5.82 Å². The summed E-state index contributed by atoms with van der Waals surface area (Å²) in [5.41, 5.74) is 0.920. The van der Waals surface area contributed by atoms with E-state index in [0.717, 1.165) is 24.6 Å². The molecular weight excluding hydrogens is 192 g/mol. The first-order valence-electron chi connectivity index (χ1n) is 5.23. The number of ether oxygens (including phenoxy) is 1. The molecule has 0 amide bonds. The number of aryl methyl sites for hydroxylation is 1. The highest BCUT2D eigenvalue weighted by atomic mass is 16.5. The van der Waals surface area contributed by atoms with E-state index in [0.29, 0.717) is 18.7 Å². The first kappa shape index (κ1) is 10.2. The van der Waals surface area contributed by atoms with E-state index in [9.17, 15) is 0 Å². The predicted octanol–water partition coefficient (Wildman–Crippen LogP) is 0.567. The number of aromatic nitrogens is 2. The molecule has 0 radical (unpaired) electrons. The van der Waals surface area contributed by atoms with Crippen LogP contribution in [0.2, 0.25) is 0 Å². The Bertz CT molecular complexity index is 338. The number of anilines is 1. The summed E-state index contributed by atoms with van der Waals surface area (Å²) in [6, 6.07) is 2.86. The molecular formula is C10H16N4O. The highest BCUT2D eigenvalue weighted by molar-refractivity contribution is 5.38. The Labute approximate surface area is 89.3 Å². The van der Waals surface area contributed by atoms with Crippen LogP contribution in [-0.2, 0) is 0 Å². The smallest absolute Gasteiger partial charge is 0.318 e. The Hall–Kier alpha value is -1.36. The second-order valence-corrected chi connectivity index (χ2v) is 3.61. The minimum absolute atomic E-state index is 0.451. The number of hydrogen-bond donors (Lipinski definition) is 2. The standard InChI is InChI=1S/C10H16N4O/c1-3-15-10-12-7(2)4-9(14-10)13-8-5-11-6-8/h4,8,11H,3,5-6H2,1-2H3,(H,12,13,14). The summed E-state index contributed by atoms with van der Waals surface area (Å²) >= 11 is 0. The SMILES string of the molecule is CCOc1nc(C)cc(NC2CNC2)n1. The van der Waals surface area contributed by atoms with Crippen LogP contribution < -0.4 is 15.4 Å². The van der Waals surface area contributed by atoms with Gasteiger partial charge in [0, 0.05) is 24.8 Å². The molecule has 2 heterocycles. The van der Waals surface area contributed by atoms with Gasteiger partial charge in [0.25, 0.3) is 0 Å². The van der Waals surface area contributed by atoms with E-state index < -0.39 is 0 Å². The molecule has 0 aromatic carbocycles. The van der Waals surface area contributed by atoms with Crippen molar-refractivity contribution in [2.75, 3.05) is 25.0 Å². The molecule has 1 saturated heterocycles. The Balaban J connectivity index is 2.07. The third kappa shape index (κ3) is 2.56. The van der Waals surface area contributed by atoms with Crippen molar-refractivity contribution in [3.05, 3.63) is 11.8 Å². The second kappa shape index (κ2) is 4.44. The van der Waals surface area contributed by atoms with Crippen molar-refractivity contribution in [3.8, 4) is 6.01 Å². The molecule has 0 spiro atoms. The molecule has 0 aliphatic carbocycles. The van der Waals surface area contributed by atoms with E-state index in [-0.39, 0.29) is 0 Å². The third-order valence-corrected chi connectivity index (χ3v) is 2.24. The summed E-state index contributed by atoms with van der Waals surface area (Å²) in [5.74, 6) is 0.845. The van der Waals surface area contributed by atoms with Crippen LogP contribution in [0.15, 0.2) is 6.07 Å². The van der Waals surface area contributed by atoms with Crippen molar-refractivity contribution in [1.29, 1.82) is 0 Å². The maximum Gasteiger partial charge on any atom is 0.318 e. The van der Waals surface area contributed by atoms with Gasteiger partial charge in [0.2, 0.25) is 0 Å². The number of nitrogens with zero attached hydrogens (tertiary/aromatic N) is 2. The first-order valence-corrected chi connectivity index (χ1v) is 5.23. The van der Waals surface area contributed by atoms with Crippen molar-refractivity contribution in [1.82, 2.24) is 15.3 Å². The molecule has 2 N–H and O–H groups in total. The zero-order chi connectivity index (χ0) is 10.7. The fraction of sp³-hybridized carbons (Fsp3) is 0.600. The summed E-state index contributed by atoms with van der Waals surface area (Å²) in [6.07, 6.45) is 0. The maximum absolute atomic E-state index is 5.28. The van der Waals surface area contributed by atoms with Gasteiger partial charge < -0.3 is 15.4 Å². The molecule has 0 saturated carbocycles. The van der Waals surface area contributed by atoms with Crippen LogP contribution in [0.5, 0.6) is 6.01 Å². The quantitative estimate of drug-likeness (QED) is 0.757. The molecule has 1 aliphatic heterocycles. The molecule has 1 aromatic rings. The maximum atomic E-state index is 5.28. The summed E-state index contributed by atoms with van der Waals surface area (Å²) in [6.45, 7) is 6.44. The van der Waals surface area contributed by atoms with E-state index in [2.05, 4.69) is 20.6 Å². The molecule has 0 bridgehead atoms. The number of hydrogen-bond acceptors (Lipinski definition) is 5. The normalized spacial score (nSPS) is 15.9. The molecule has 5 nitrogen and oxygen atoms in total. The largest absolute Gasteiger partial charge is 0.464 e. The lowest BCUT2D eigenvalue weighted by Gasteiger charge is -2.28. The van der Waals surface area contributed by atoms with Crippen molar-refractivity contribution in [2.24, 2.45) is 0 Å². The molecule has 15 heavy (non-hydrogen) atoms. The second-order valence-electron chi connectivity index (χ2n) is 3.61. The van der Waals surface area contributed by atoms with Crippen molar-refractivity contribution in [2.45, 2.75) is 19.9 Å².